The molecular formula is C43H53N9O5S. The first-order chi connectivity index (χ1) is 27.7. The Labute approximate surface area is 342 Å². The van der Waals surface area contributed by atoms with Crippen LogP contribution in [0.25, 0.3) is 32.8 Å². The highest BCUT2D eigenvalue weighted by molar-refractivity contribution is 7.13. The van der Waals surface area contributed by atoms with Crippen molar-refractivity contribution in [1.82, 2.24) is 40.5 Å². The average Bonchev–Trinajstić information content (AvgIpc) is 3.95. The van der Waals surface area contributed by atoms with Crippen LogP contribution in [0.5, 0.6) is 5.75 Å². The maximum atomic E-state index is 14.1. The molecule has 306 valence electrons. The number of amides is 3. The number of hydrogen-bond donors (Lipinski definition) is 5. The van der Waals surface area contributed by atoms with Gasteiger partial charge < -0.3 is 31.5 Å². The molecule has 5 aromatic rings. The Bertz CT molecular complexity index is 2210. The SMILES string of the molecule is Cc1ncsc1-c1ccc([C@H](C)NC(=O)[C@@H]2C[C@@H](O)CN2C(=O)[C@@H](NC(=O)CCCCCCn2cc(-c3cc(-c4ccccc4O)nnc3N)cn2)C(C)(C)C)cc1. The fraction of sp³-hybridized carbons (Fsp3) is 0.419. The number of aromatic hydroxyl groups is 1. The number of aromatic nitrogens is 5. The van der Waals surface area contributed by atoms with Gasteiger partial charge in [0, 0.05) is 48.8 Å². The molecule has 0 radical (unpaired) electrons. The van der Waals surface area contributed by atoms with Crippen LogP contribution >= 0.6 is 11.3 Å². The summed E-state index contributed by atoms with van der Waals surface area (Å²) < 4.78 is 1.84. The van der Waals surface area contributed by atoms with E-state index in [1.165, 1.54) is 4.90 Å². The summed E-state index contributed by atoms with van der Waals surface area (Å²) in [6.45, 7) is 10.2. The largest absolute Gasteiger partial charge is 0.507 e. The molecule has 58 heavy (non-hydrogen) atoms. The predicted octanol–water partition coefficient (Wildman–Crippen LogP) is 6.05. The zero-order valence-electron chi connectivity index (χ0n) is 33.7. The first-order valence-electron chi connectivity index (χ1n) is 19.7. The monoisotopic (exact) mass is 807 g/mol. The van der Waals surface area contributed by atoms with Crippen molar-refractivity contribution in [3.8, 4) is 38.6 Å². The number of likely N-dealkylation sites (tertiary alicyclic amines) is 1. The van der Waals surface area contributed by atoms with E-state index in [1.807, 2.05) is 81.3 Å². The molecule has 0 spiro atoms. The summed E-state index contributed by atoms with van der Waals surface area (Å²) in [5.74, 6) is -0.591. The quantitative estimate of drug-likeness (QED) is 0.0776. The zero-order valence-corrected chi connectivity index (χ0v) is 34.5. The van der Waals surface area contributed by atoms with Crippen LogP contribution in [0.3, 0.4) is 0 Å². The van der Waals surface area contributed by atoms with Gasteiger partial charge in [-0.05, 0) is 61.4 Å². The minimum atomic E-state index is -0.881. The van der Waals surface area contributed by atoms with Crippen molar-refractivity contribution in [3.05, 3.63) is 83.8 Å². The van der Waals surface area contributed by atoms with Crippen molar-refractivity contribution in [3.63, 3.8) is 0 Å². The summed E-state index contributed by atoms with van der Waals surface area (Å²) in [5, 5.41) is 39.6. The molecule has 3 amide bonds. The molecule has 15 heteroatoms. The number of nitrogen functional groups attached to an aromatic ring is 1. The van der Waals surface area contributed by atoms with E-state index in [0.717, 1.165) is 46.5 Å². The number of nitrogens with zero attached hydrogens (tertiary/aromatic N) is 6. The topological polar surface area (TPSA) is 201 Å². The first-order valence-corrected chi connectivity index (χ1v) is 20.6. The molecule has 2 aromatic carbocycles. The third-order valence-electron chi connectivity index (χ3n) is 10.5. The summed E-state index contributed by atoms with van der Waals surface area (Å²) in [7, 11) is 0. The molecule has 3 aromatic heterocycles. The van der Waals surface area contributed by atoms with E-state index in [9.17, 15) is 24.6 Å². The number of thiazole rings is 1. The van der Waals surface area contributed by atoms with Crippen LogP contribution in [-0.4, -0.2) is 82.5 Å². The van der Waals surface area contributed by atoms with Gasteiger partial charge in [-0.1, -0.05) is 70.0 Å². The lowest BCUT2D eigenvalue weighted by Gasteiger charge is -2.35. The Balaban J connectivity index is 0.969. The highest BCUT2D eigenvalue weighted by atomic mass is 32.1. The van der Waals surface area contributed by atoms with Gasteiger partial charge in [0.25, 0.3) is 0 Å². The van der Waals surface area contributed by atoms with E-state index in [1.54, 1.807) is 41.8 Å². The molecule has 6 N–H and O–H groups in total. The molecule has 14 nitrogen and oxygen atoms in total. The number of aliphatic hydroxyl groups is 1. The van der Waals surface area contributed by atoms with Gasteiger partial charge in [0.05, 0.1) is 40.1 Å². The van der Waals surface area contributed by atoms with E-state index in [4.69, 9.17) is 5.73 Å². The molecule has 0 saturated carbocycles. The van der Waals surface area contributed by atoms with E-state index in [0.29, 0.717) is 29.8 Å². The second kappa shape index (κ2) is 18.3. The number of nitrogens with two attached hydrogens (primary N) is 1. The Kier molecular flexibility index (Phi) is 13.2. The standard InChI is InChI=1S/C43H53N9O5S/c1-26(28-15-17-29(18-16-28)38-27(2)45-25-58-38)47-41(56)35-20-31(53)24-52(35)42(57)39(43(3,4)5)48-37(55)14-8-6-7-11-19-51-23-30(22-46-51)33-21-34(49-50-40(33)44)32-12-9-10-13-36(32)54/h9-10,12-13,15-18,21-23,25-26,31,35,39,53-54H,6-8,11,14,19-20,24H2,1-5H3,(H2,44,50)(H,47,56)(H,48,55)/t26-,31+,35-,39+/m0/s1. The van der Waals surface area contributed by atoms with Gasteiger partial charge in [-0.3, -0.25) is 19.1 Å². The van der Waals surface area contributed by atoms with Crippen molar-refractivity contribution < 1.29 is 24.6 Å². The predicted molar refractivity (Wildman–Crippen MR) is 224 cm³/mol. The lowest BCUT2D eigenvalue weighted by molar-refractivity contribution is -0.144. The highest BCUT2D eigenvalue weighted by Gasteiger charge is 2.44. The van der Waals surface area contributed by atoms with E-state index in [2.05, 4.69) is 30.9 Å². The fourth-order valence-electron chi connectivity index (χ4n) is 7.24. The number of benzene rings is 2. The molecule has 4 heterocycles. The minimum Gasteiger partial charge on any atom is -0.507 e. The summed E-state index contributed by atoms with van der Waals surface area (Å²) in [6.07, 6.45) is 6.32. The first kappa shape index (κ1) is 41.9. The van der Waals surface area contributed by atoms with Crippen LogP contribution < -0.4 is 16.4 Å². The number of carbonyl (C=O) groups is 3. The maximum absolute atomic E-state index is 14.1. The van der Waals surface area contributed by atoms with Crippen molar-refractivity contribution >= 4 is 34.9 Å². The molecule has 1 aliphatic heterocycles. The summed E-state index contributed by atoms with van der Waals surface area (Å²) in [5.41, 5.74) is 12.8. The summed E-state index contributed by atoms with van der Waals surface area (Å²) in [4.78, 5) is 47.7. The van der Waals surface area contributed by atoms with Gasteiger partial charge in [0.15, 0.2) is 5.82 Å². The lowest BCUT2D eigenvalue weighted by atomic mass is 9.85. The third-order valence-corrected chi connectivity index (χ3v) is 11.5. The molecule has 0 aliphatic carbocycles. The third kappa shape index (κ3) is 10.1. The van der Waals surface area contributed by atoms with E-state index >= 15 is 0 Å². The highest BCUT2D eigenvalue weighted by Crippen LogP contribution is 2.33. The van der Waals surface area contributed by atoms with Crippen LogP contribution in [0.1, 0.15) is 83.5 Å². The van der Waals surface area contributed by atoms with Crippen molar-refractivity contribution in [2.75, 3.05) is 12.3 Å². The Morgan fingerprint density at radius 3 is 2.43 bits per heavy atom. The van der Waals surface area contributed by atoms with Gasteiger partial charge >= 0.3 is 0 Å². The molecule has 1 fully saturated rings. The van der Waals surface area contributed by atoms with E-state index in [-0.39, 0.29) is 54.7 Å². The van der Waals surface area contributed by atoms with Gasteiger partial charge in [0.2, 0.25) is 17.7 Å². The minimum absolute atomic E-state index is 0.0144. The number of nitrogens with one attached hydrogen (secondary N) is 2. The number of unbranched alkanes of at least 4 members (excludes halogenated alkanes) is 3. The fourth-order valence-corrected chi connectivity index (χ4v) is 8.05. The average molecular weight is 808 g/mol. The van der Waals surface area contributed by atoms with E-state index < -0.39 is 23.6 Å². The van der Waals surface area contributed by atoms with Gasteiger partial charge in [-0.25, -0.2) is 4.98 Å². The Morgan fingerprint density at radius 1 is 0.983 bits per heavy atom. The number of phenols is 1. The maximum Gasteiger partial charge on any atom is 0.246 e. The number of aliphatic hydroxyl groups excluding tert-OH is 1. The van der Waals surface area contributed by atoms with Crippen molar-refractivity contribution in [2.24, 2.45) is 5.41 Å². The van der Waals surface area contributed by atoms with Crippen LogP contribution in [-0.2, 0) is 20.9 Å². The molecule has 6 rings (SSSR count). The molecule has 0 unspecified atom stereocenters. The van der Waals surface area contributed by atoms with Crippen molar-refractivity contribution in [2.45, 2.75) is 104 Å². The number of carbonyl (C=O) groups excluding carboxylic acids is 3. The number of aryl methyl sites for hydroxylation is 2. The Morgan fingerprint density at radius 2 is 1.72 bits per heavy atom. The number of anilines is 1. The number of rotatable bonds is 15. The molecular weight excluding hydrogens is 755 g/mol. The van der Waals surface area contributed by atoms with Gasteiger partial charge in [-0.2, -0.15) is 5.10 Å². The number of β-amino-alcohol motifs (C(OH)–C–C–N with tert-alkyl or cyclic N) is 1. The molecule has 1 saturated heterocycles. The summed E-state index contributed by atoms with van der Waals surface area (Å²) >= 11 is 1.58. The molecule has 1 aliphatic rings. The zero-order chi connectivity index (χ0) is 41.6. The number of hydrogen-bond acceptors (Lipinski definition) is 11. The second-order valence-electron chi connectivity index (χ2n) is 16.1. The van der Waals surface area contributed by atoms with Gasteiger partial charge in [0.1, 0.15) is 17.8 Å². The van der Waals surface area contributed by atoms with Crippen LogP contribution in [0, 0.1) is 12.3 Å². The molecule has 0 bridgehead atoms. The van der Waals surface area contributed by atoms with Gasteiger partial charge in [-0.15, -0.1) is 21.5 Å². The Hall–Kier alpha value is -5.67. The van der Waals surface area contributed by atoms with Crippen LogP contribution in [0.4, 0.5) is 5.82 Å². The second-order valence-corrected chi connectivity index (χ2v) is 16.9. The lowest BCUT2D eigenvalue weighted by Crippen LogP contribution is -2.57. The number of phenolic OH excluding ortho intramolecular Hbond substituents is 1. The molecule has 4 atom stereocenters. The normalized spacial score (nSPS) is 16.6. The van der Waals surface area contributed by atoms with Crippen LogP contribution in [0.15, 0.2) is 72.5 Å². The smallest absolute Gasteiger partial charge is 0.246 e. The van der Waals surface area contributed by atoms with Crippen LogP contribution in [0.2, 0.25) is 0 Å². The summed E-state index contributed by atoms with van der Waals surface area (Å²) in [6, 6.07) is 14.6. The number of para-hydroxylation sites is 1. The van der Waals surface area contributed by atoms with Crippen molar-refractivity contribution in [1.29, 1.82) is 0 Å².